The Balaban J connectivity index is 2.32. The molecule has 3 nitrogen and oxygen atoms in total. The number of halogens is 1. The maximum Gasteiger partial charge on any atom is 0.169 e. The largest absolute Gasteiger partial charge is 0.337 e. The van der Waals surface area contributed by atoms with Crippen LogP contribution in [0.3, 0.4) is 0 Å². The van der Waals surface area contributed by atoms with Crippen LogP contribution in [0.5, 0.6) is 0 Å². The summed E-state index contributed by atoms with van der Waals surface area (Å²) in [6.07, 6.45) is 2.44. The van der Waals surface area contributed by atoms with Crippen LogP contribution in [0.15, 0.2) is 4.99 Å². The Hall–Kier alpha value is -1.11. The molecular weight excluding hydrogens is 133 g/mol. The summed E-state index contributed by atoms with van der Waals surface area (Å²) >= 11 is 0. The molecule has 0 aromatic rings. The molecule has 1 atom stereocenters. The van der Waals surface area contributed by atoms with E-state index in [1.807, 2.05) is 6.07 Å². The first-order valence-electron chi connectivity index (χ1n) is 2.81. The van der Waals surface area contributed by atoms with E-state index in [9.17, 15) is 4.39 Å². The molecule has 0 aliphatic carbocycles. The third kappa shape index (κ3) is 1.44. The molecule has 1 aliphatic rings. The Morgan fingerprint density at radius 1 is 1.80 bits per heavy atom. The zero-order valence-electron chi connectivity index (χ0n) is 5.21. The van der Waals surface area contributed by atoms with Crippen LogP contribution in [-0.4, -0.2) is 30.5 Å². The minimum absolute atomic E-state index is 0.182. The van der Waals surface area contributed by atoms with Crippen LogP contribution in [-0.2, 0) is 0 Å². The standard InChI is InChI=1S/C6H5FN3/c7-1-2-10-4-6(3-8)9-5-10/h6H,1-2H2. The van der Waals surface area contributed by atoms with Crippen molar-refractivity contribution in [2.45, 2.75) is 6.04 Å². The fraction of sp³-hybridized carbons (Fsp3) is 0.500. The Morgan fingerprint density at radius 3 is 3.10 bits per heavy atom. The van der Waals surface area contributed by atoms with Gasteiger partial charge in [0.05, 0.1) is 6.07 Å². The first kappa shape index (κ1) is 7.00. The van der Waals surface area contributed by atoms with E-state index in [0.29, 0.717) is 0 Å². The van der Waals surface area contributed by atoms with Crippen molar-refractivity contribution in [1.29, 1.82) is 5.26 Å². The third-order valence-corrected chi connectivity index (χ3v) is 1.02. The lowest BCUT2D eigenvalue weighted by molar-refractivity contribution is 0.405. The minimum atomic E-state index is -0.591. The van der Waals surface area contributed by atoms with Gasteiger partial charge in [-0.05, 0) is 0 Å². The molecule has 51 valence electrons. The van der Waals surface area contributed by atoms with Gasteiger partial charge in [-0.1, -0.05) is 0 Å². The van der Waals surface area contributed by atoms with Crippen molar-refractivity contribution in [3.63, 3.8) is 0 Å². The van der Waals surface area contributed by atoms with Gasteiger partial charge >= 0.3 is 0 Å². The fourth-order valence-corrected chi connectivity index (χ4v) is 0.590. The van der Waals surface area contributed by atoms with Crippen LogP contribution in [0.4, 0.5) is 4.39 Å². The Labute approximate surface area is 58.8 Å². The molecule has 0 N–H and O–H groups in total. The predicted molar refractivity (Wildman–Crippen MR) is 32.8 cm³/mol. The summed E-state index contributed by atoms with van der Waals surface area (Å²) < 4.78 is 11.6. The monoisotopic (exact) mass is 138 g/mol. The molecule has 0 fully saturated rings. The van der Waals surface area contributed by atoms with E-state index < -0.39 is 12.7 Å². The summed E-state index contributed by atoms with van der Waals surface area (Å²) in [7, 11) is 0. The average Bonchev–Trinajstić information content (AvgIpc) is 2.37. The molecular formula is C6H5FN3. The molecule has 1 unspecified atom stereocenters. The summed E-state index contributed by atoms with van der Waals surface area (Å²) in [5, 5.41) is 8.29. The molecule has 0 saturated heterocycles. The minimum Gasteiger partial charge on any atom is -0.337 e. The molecule has 4 heteroatoms. The number of aliphatic imine (C=N–C) groups is 1. The summed E-state index contributed by atoms with van der Waals surface area (Å²) in [6, 6.07) is 1.26. The van der Waals surface area contributed by atoms with E-state index in [1.54, 1.807) is 0 Å². The summed E-state index contributed by atoms with van der Waals surface area (Å²) in [6.45, 7) is 2.30. The lowest BCUT2D eigenvalue weighted by Crippen LogP contribution is -2.19. The van der Waals surface area contributed by atoms with Crippen molar-refractivity contribution < 1.29 is 4.39 Å². The Morgan fingerprint density at radius 2 is 2.60 bits per heavy atom. The highest BCUT2D eigenvalue weighted by molar-refractivity contribution is 5.60. The molecule has 0 bridgehead atoms. The summed E-state index contributed by atoms with van der Waals surface area (Å²) in [4.78, 5) is 4.92. The number of hydrogen-bond donors (Lipinski definition) is 0. The van der Waals surface area contributed by atoms with Gasteiger partial charge in [-0.25, -0.2) is 9.38 Å². The number of rotatable bonds is 2. The first-order chi connectivity index (χ1) is 4.86. The van der Waals surface area contributed by atoms with Crippen LogP contribution < -0.4 is 0 Å². The van der Waals surface area contributed by atoms with Gasteiger partial charge in [-0.2, -0.15) is 5.26 Å². The predicted octanol–water partition coefficient (Wildman–Crippen LogP) is 0.108. The van der Waals surface area contributed by atoms with Crippen LogP contribution >= 0.6 is 0 Å². The number of alkyl halides is 1. The van der Waals surface area contributed by atoms with Gasteiger partial charge in [0, 0.05) is 6.54 Å². The zero-order valence-corrected chi connectivity index (χ0v) is 5.21. The van der Waals surface area contributed by atoms with Crippen LogP contribution in [0.25, 0.3) is 0 Å². The molecule has 1 rings (SSSR count). The van der Waals surface area contributed by atoms with Crippen molar-refractivity contribution in [2.75, 3.05) is 13.2 Å². The summed E-state index contributed by atoms with van der Waals surface area (Å²) in [5.41, 5.74) is 0. The maximum absolute atomic E-state index is 11.6. The van der Waals surface area contributed by atoms with Crippen molar-refractivity contribution in [3.8, 4) is 6.07 Å². The highest BCUT2D eigenvalue weighted by Crippen LogP contribution is 2.06. The highest BCUT2D eigenvalue weighted by atomic mass is 19.1. The molecule has 10 heavy (non-hydrogen) atoms. The van der Waals surface area contributed by atoms with Crippen molar-refractivity contribution in [1.82, 2.24) is 4.90 Å². The normalized spacial score (nSPS) is 23.2. The van der Waals surface area contributed by atoms with E-state index in [1.165, 1.54) is 4.90 Å². The Bertz CT molecular complexity index is 172. The van der Waals surface area contributed by atoms with Crippen molar-refractivity contribution in [2.24, 2.45) is 4.99 Å². The molecule has 0 amide bonds. The third-order valence-electron chi connectivity index (χ3n) is 1.02. The number of nitrogens with zero attached hydrogens (tertiary/aromatic N) is 3. The molecule has 0 saturated carbocycles. The van der Waals surface area contributed by atoms with Crippen molar-refractivity contribution >= 4 is 6.34 Å². The first-order valence-corrected chi connectivity index (χ1v) is 2.81. The zero-order chi connectivity index (χ0) is 7.40. The van der Waals surface area contributed by atoms with Crippen LogP contribution in [0.2, 0.25) is 0 Å². The van der Waals surface area contributed by atoms with Gasteiger partial charge in [0.25, 0.3) is 0 Å². The van der Waals surface area contributed by atoms with Crippen molar-refractivity contribution in [3.05, 3.63) is 6.54 Å². The van der Waals surface area contributed by atoms with Gasteiger partial charge in [0.15, 0.2) is 12.4 Å². The van der Waals surface area contributed by atoms with E-state index in [2.05, 4.69) is 17.9 Å². The van der Waals surface area contributed by atoms with Gasteiger partial charge in [0.1, 0.15) is 13.2 Å². The Kier molecular flexibility index (Phi) is 2.21. The topological polar surface area (TPSA) is 39.4 Å². The molecule has 1 heterocycles. The van der Waals surface area contributed by atoms with Crippen LogP contribution in [0, 0.1) is 17.9 Å². The molecule has 3 radical (unpaired) electrons. The van der Waals surface area contributed by atoms with E-state index in [4.69, 9.17) is 5.26 Å². The lowest BCUT2D eigenvalue weighted by atomic mass is 10.3. The van der Waals surface area contributed by atoms with Gasteiger partial charge < -0.3 is 4.90 Å². The molecule has 1 aliphatic heterocycles. The average molecular weight is 138 g/mol. The molecule has 0 aromatic heterocycles. The second kappa shape index (κ2) is 3.16. The lowest BCUT2D eigenvalue weighted by Gasteiger charge is -2.07. The van der Waals surface area contributed by atoms with Gasteiger partial charge in [-0.15, -0.1) is 0 Å². The number of nitriles is 1. The van der Waals surface area contributed by atoms with Crippen LogP contribution in [0.1, 0.15) is 0 Å². The van der Waals surface area contributed by atoms with E-state index in [-0.39, 0.29) is 6.54 Å². The fourth-order valence-electron chi connectivity index (χ4n) is 0.590. The smallest absolute Gasteiger partial charge is 0.169 e. The van der Waals surface area contributed by atoms with Gasteiger partial charge in [-0.3, -0.25) is 0 Å². The summed E-state index contributed by atoms with van der Waals surface area (Å²) in [5.74, 6) is 0. The second-order valence-electron chi connectivity index (χ2n) is 1.73. The highest BCUT2D eigenvalue weighted by Gasteiger charge is 2.18. The molecule has 0 spiro atoms. The second-order valence-corrected chi connectivity index (χ2v) is 1.73. The van der Waals surface area contributed by atoms with E-state index in [0.717, 1.165) is 0 Å². The number of hydrogen-bond acceptors (Lipinski definition) is 3. The van der Waals surface area contributed by atoms with E-state index >= 15 is 0 Å². The van der Waals surface area contributed by atoms with Gasteiger partial charge in [0.2, 0.25) is 0 Å². The SMILES string of the molecule is N#CC1[C]N(CCF)[C]=N1. The molecule has 0 aromatic carbocycles. The maximum atomic E-state index is 11.6. The quantitative estimate of drug-likeness (QED) is 0.543.